The molecule has 0 saturated heterocycles. The average molecular weight is 351 g/mol. The number of carboxylic acids is 1. The number of benzene rings is 1. The lowest BCUT2D eigenvalue weighted by molar-refractivity contribution is -0.140. The number of carboxylic acid groups (broad SMARTS) is 1. The van der Waals surface area contributed by atoms with Gasteiger partial charge in [0.25, 0.3) is 0 Å². The van der Waals surface area contributed by atoms with Gasteiger partial charge in [-0.15, -0.1) is 0 Å². The molecule has 0 bridgehead atoms. The molecule has 4 nitrogen and oxygen atoms in total. The third kappa shape index (κ3) is 3.98. The monoisotopic (exact) mass is 350 g/mol. The quantitative estimate of drug-likeness (QED) is 0.836. The van der Waals surface area contributed by atoms with Crippen LogP contribution in [0.1, 0.15) is 44.1 Å². The predicted molar refractivity (Wildman–Crippen MR) is 85.1 cm³/mol. The molecule has 0 aromatic heterocycles. The number of anilines is 1. The zero-order valence-corrected chi connectivity index (χ0v) is 13.4. The van der Waals surface area contributed by atoms with Crippen molar-refractivity contribution in [2.45, 2.75) is 38.5 Å². The van der Waals surface area contributed by atoms with E-state index in [0.717, 1.165) is 35.8 Å². The highest BCUT2D eigenvalue weighted by atomic mass is 79.9. The van der Waals surface area contributed by atoms with Gasteiger partial charge in [0.05, 0.1) is 17.7 Å². The van der Waals surface area contributed by atoms with Crippen LogP contribution in [0.25, 0.3) is 0 Å². The molecule has 0 atom stereocenters. The molecular weight excluding hydrogens is 332 g/mol. The van der Waals surface area contributed by atoms with Gasteiger partial charge >= 0.3 is 5.97 Å². The first-order chi connectivity index (χ1) is 10.1. The van der Waals surface area contributed by atoms with Gasteiger partial charge in [-0.05, 0) is 46.3 Å². The number of halogens is 1. The number of hydrogen-bond acceptors (Lipinski definition) is 3. The van der Waals surface area contributed by atoms with Crippen LogP contribution in [-0.4, -0.2) is 17.6 Å². The zero-order chi connectivity index (χ0) is 15.3. The van der Waals surface area contributed by atoms with Crippen LogP contribution in [0, 0.1) is 16.7 Å². The van der Waals surface area contributed by atoms with Crippen molar-refractivity contribution in [3.05, 3.63) is 28.2 Å². The highest BCUT2D eigenvalue weighted by molar-refractivity contribution is 9.10. The predicted octanol–water partition coefficient (Wildman–Crippen LogP) is 4.16. The fourth-order valence-corrected chi connectivity index (χ4v) is 3.56. The van der Waals surface area contributed by atoms with Crippen LogP contribution >= 0.6 is 15.9 Å². The van der Waals surface area contributed by atoms with Crippen LogP contribution < -0.4 is 5.32 Å². The molecule has 0 spiro atoms. The van der Waals surface area contributed by atoms with Crippen molar-refractivity contribution in [1.29, 1.82) is 5.26 Å². The Bertz CT molecular complexity index is 560. The summed E-state index contributed by atoms with van der Waals surface area (Å²) in [5.41, 5.74) is 1.14. The maximum absolute atomic E-state index is 11.2. The Hall–Kier alpha value is -1.54. The van der Waals surface area contributed by atoms with E-state index < -0.39 is 5.97 Å². The molecule has 112 valence electrons. The number of nitriles is 1. The highest BCUT2D eigenvalue weighted by Crippen LogP contribution is 2.40. The number of carbonyl (C=O) groups is 1. The summed E-state index contributed by atoms with van der Waals surface area (Å²) in [4.78, 5) is 11.2. The third-order valence-corrected chi connectivity index (χ3v) is 4.88. The van der Waals surface area contributed by atoms with E-state index in [1.807, 2.05) is 18.2 Å². The topological polar surface area (TPSA) is 73.1 Å². The van der Waals surface area contributed by atoms with Gasteiger partial charge in [0, 0.05) is 11.0 Å². The molecule has 0 unspecified atom stereocenters. The molecule has 1 saturated carbocycles. The number of hydrogen-bond donors (Lipinski definition) is 2. The first kappa shape index (κ1) is 15.8. The molecule has 0 amide bonds. The molecule has 0 radical (unpaired) electrons. The molecule has 0 aliphatic heterocycles. The lowest BCUT2D eigenvalue weighted by Crippen LogP contribution is -2.34. The normalized spacial score (nSPS) is 17.0. The molecule has 0 heterocycles. The van der Waals surface area contributed by atoms with Crippen molar-refractivity contribution >= 4 is 27.6 Å². The van der Waals surface area contributed by atoms with Crippen molar-refractivity contribution in [2.75, 3.05) is 11.9 Å². The van der Waals surface area contributed by atoms with E-state index in [4.69, 9.17) is 0 Å². The summed E-state index contributed by atoms with van der Waals surface area (Å²) in [5.74, 6) is -0.742. The van der Waals surface area contributed by atoms with Crippen LogP contribution in [0.3, 0.4) is 0 Å². The van der Waals surface area contributed by atoms with Gasteiger partial charge in [0.1, 0.15) is 6.07 Å². The highest BCUT2D eigenvalue weighted by Gasteiger charge is 2.34. The van der Waals surface area contributed by atoms with Gasteiger partial charge < -0.3 is 10.4 Å². The van der Waals surface area contributed by atoms with Crippen LogP contribution in [0.5, 0.6) is 0 Å². The summed E-state index contributed by atoms with van der Waals surface area (Å²) in [6.45, 7) is 0.602. The Kier molecular flexibility index (Phi) is 5.24. The number of nitrogens with zero attached hydrogens (tertiary/aromatic N) is 1. The Labute approximate surface area is 133 Å². The van der Waals surface area contributed by atoms with Gasteiger partial charge in [-0.25, -0.2) is 0 Å². The standard InChI is InChI=1S/C16H19BrN2O2/c17-13-5-4-6-14(12(13)10-18)19-11-16(9-15(20)21)7-2-1-3-8-16/h4-6,19H,1-3,7-9,11H2,(H,20,21). The number of nitrogens with one attached hydrogen (secondary N) is 1. The molecule has 5 heteroatoms. The Morgan fingerprint density at radius 1 is 1.38 bits per heavy atom. The second-order valence-corrected chi connectivity index (χ2v) is 6.61. The van der Waals surface area contributed by atoms with E-state index in [9.17, 15) is 15.2 Å². The molecule has 1 aliphatic rings. The minimum absolute atomic E-state index is 0.190. The minimum atomic E-state index is -0.742. The first-order valence-electron chi connectivity index (χ1n) is 7.21. The Morgan fingerprint density at radius 2 is 2.10 bits per heavy atom. The largest absolute Gasteiger partial charge is 0.481 e. The molecule has 2 rings (SSSR count). The maximum Gasteiger partial charge on any atom is 0.303 e. The lowest BCUT2D eigenvalue weighted by atomic mass is 9.71. The van der Waals surface area contributed by atoms with E-state index >= 15 is 0 Å². The molecule has 1 aromatic carbocycles. The molecule has 1 fully saturated rings. The van der Waals surface area contributed by atoms with Crippen molar-refractivity contribution in [1.82, 2.24) is 0 Å². The van der Waals surface area contributed by atoms with Gasteiger partial charge in [-0.3, -0.25) is 4.79 Å². The van der Waals surface area contributed by atoms with Crippen LogP contribution in [0.2, 0.25) is 0 Å². The Morgan fingerprint density at radius 3 is 2.71 bits per heavy atom. The lowest BCUT2D eigenvalue weighted by Gasteiger charge is -2.36. The number of aliphatic carboxylic acids is 1. The van der Waals surface area contributed by atoms with E-state index in [-0.39, 0.29) is 11.8 Å². The van der Waals surface area contributed by atoms with Crippen molar-refractivity contribution in [2.24, 2.45) is 5.41 Å². The molecule has 1 aromatic rings. The van der Waals surface area contributed by atoms with E-state index in [1.165, 1.54) is 6.42 Å². The van der Waals surface area contributed by atoms with Crippen molar-refractivity contribution in [3.63, 3.8) is 0 Å². The second kappa shape index (κ2) is 6.95. The van der Waals surface area contributed by atoms with E-state index in [2.05, 4.69) is 27.3 Å². The van der Waals surface area contributed by atoms with Gasteiger partial charge in [-0.2, -0.15) is 5.26 Å². The van der Waals surface area contributed by atoms with Crippen LogP contribution in [0.4, 0.5) is 5.69 Å². The summed E-state index contributed by atoms with van der Waals surface area (Å²) in [5, 5.41) is 21.7. The van der Waals surface area contributed by atoms with Gasteiger partial charge in [0.2, 0.25) is 0 Å². The SMILES string of the molecule is N#Cc1c(Br)cccc1NCC1(CC(=O)O)CCCCC1. The average Bonchev–Trinajstić information content (AvgIpc) is 2.45. The molecular formula is C16H19BrN2O2. The summed E-state index contributed by atoms with van der Waals surface area (Å²) in [6.07, 6.45) is 5.40. The molecule has 2 N–H and O–H groups in total. The third-order valence-electron chi connectivity index (χ3n) is 4.22. The summed E-state index contributed by atoms with van der Waals surface area (Å²) < 4.78 is 0.755. The fourth-order valence-electron chi connectivity index (χ4n) is 3.11. The number of rotatable bonds is 5. The van der Waals surface area contributed by atoms with E-state index in [0.29, 0.717) is 12.1 Å². The van der Waals surface area contributed by atoms with Crippen molar-refractivity contribution in [3.8, 4) is 6.07 Å². The maximum atomic E-state index is 11.2. The minimum Gasteiger partial charge on any atom is -0.481 e. The van der Waals surface area contributed by atoms with Crippen molar-refractivity contribution < 1.29 is 9.90 Å². The molecule has 1 aliphatic carbocycles. The first-order valence-corrected chi connectivity index (χ1v) is 8.00. The van der Waals surface area contributed by atoms with E-state index in [1.54, 1.807) is 0 Å². The molecule has 21 heavy (non-hydrogen) atoms. The van der Waals surface area contributed by atoms with Crippen LogP contribution in [-0.2, 0) is 4.79 Å². The Balaban J connectivity index is 2.14. The summed E-state index contributed by atoms with van der Waals surface area (Å²) >= 11 is 3.37. The fraction of sp³-hybridized carbons (Fsp3) is 0.500. The summed E-state index contributed by atoms with van der Waals surface area (Å²) in [6, 6.07) is 7.74. The zero-order valence-electron chi connectivity index (χ0n) is 11.9. The summed E-state index contributed by atoms with van der Waals surface area (Å²) in [7, 11) is 0. The second-order valence-electron chi connectivity index (χ2n) is 5.76. The van der Waals surface area contributed by atoms with Gasteiger partial charge in [-0.1, -0.05) is 25.3 Å². The smallest absolute Gasteiger partial charge is 0.303 e. The van der Waals surface area contributed by atoms with Gasteiger partial charge in [0.15, 0.2) is 0 Å². The van der Waals surface area contributed by atoms with Crippen LogP contribution in [0.15, 0.2) is 22.7 Å².